The zero-order valence-electron chi connectivity index (χ0n) is 18.7. The zero-order valence-corrected chi connectivity index (χ0v) is 19.4. The number of aliphatic hydroxyl groups excluding tert-OH is 1. The predicted octanol–water partition coefficient (Wildman–Crippen LogP) is 5.03. The van der Waals surface area contributed by atoms with Gasteiger partial charge in [-0.15, -0.1) is 0 Å². The number of hydrogen-bond donors (Lipinski definition) is 2. The molecule has 2 N–H and O–H groups in total. The van der Waals surface area contributed by atoms with E-state index in [0.29, 0.717) is 22.4 Å². The second-order valence-corrected chi connectivity index (χ2v) is 9.15. The van der Waals surface area contributed by atoms with Crippen molar-refractivity contribution in [2.45, 2.75) is 33.2 Å². The van der Waals surface area contributed by atoms with Crippen molar-refractivity contribution in [3.63, 3.8) is 0 Å². The first-order valence-corrected chi connectivity index (χ1v) is 10.6. The van der Waals surface area contributed by atoms with Crippen LogP contribution in [0.15, 0.2) is 41.3 Å². The molecule has 2 aromatic carbocycles. The van der Waals surface area contributed by atoms with Crippen LogP contribution in [-0.4, -0.2) is 34.7 Å². The van der Waals surface area contributed by atoms with E-state index in [9.17, 15) is 19.1 Å². The zero-order chi connectivity index (χ0) is 24.5. The Balaban J connectivity index is 2.34. The summed E-state index contributed by atoms with van der Waals surface area (Å²) < 4.78 is 26.4. The van der Waals surface area contributed by atoms with E-state index < -0.39 is 34.6 Å². The molecule has 0 saturated heterocycles. The van der Waals surface area contributed by atoms with Crippen molar-refractivity contribution in [3.05, 3.63) is 68.7 Å². The Bertz CT molecular complexity index is 1260. The summed E-state index contributed by atoms with van der Waals surface area (Å²) >= 11 is 5.89. The van der Waals surface area contributed by atoms with Gasteiger partial charge in [-0.2, -0.15) is 0 Å². The number of fused-ring (bicyclic) bond motifs is 1. The van der Waals surface area contributed by atoms with Gasteiger partial charge in [0.1, 0.15) is 11.6 Å². The van der Waals surface area contributed by atoms with E-state index in [4.69, 9.17) is 26.2 Å². The van der Waals surface area contributed by atoms with E-state index >= 15 is 0 Å². The van der Waals surface area contributed by atoms with E-state index in [2.05, 4.69) is 0 Å². The van der Waals surface area contributed by atoms with Gasteiger partial charge in [-0.1, -0.05) is 44.5 Å². The van der Waals surface area contributed by atoms with Crippen molar-refractivity contribution in [1.82, 2.24) is 4.57 Å². The van der Waals surface area contributed by atoms with Crippen LogP contribution in [0.2, 0.25) is 5.02 Å². The van der Waals surface area contributed by atoms with Crippen LogP contribution in [0.4, 0.5) is 9.18 Å². The SMILES string of the molecule is COc1cc(Cc2cccc(Cl)c2F)cc2c(=O)c(OC(=O)O)cn([C@H](CO)C(C)(C)C)c12. The molecule has 0 saturated carbocycles. The molecule has 0 aliphatic rings. The number of hydrogen-bond acceptors (Lipinski definition) is 5. The summed E-state index contributed by atoms with van der Waals surface area (Å²) in [6.07, 6.45) is -0.257. The maximum Gasteiger partial charge on any atom is 0.511 e. The van der Waals surface area contributed by atoms with Gasteiger partial charge in [0.15, 0.2) is 5.75 Å². The molecule has 176 valence electrons. The minimum Gasteiger partial charge on any atom is -0.495 e. The number of carbonyl (C=O) groups is 1. The van der Waals surface area contributed by atoms with Crippen LogP contribution in [0, 0.1) is 11.2 Å². The first kappa shape index (κ1) is 24.5. The number of aromatic nitrogens is 1. The maximum absolute atomic E-state index is 14.5. The van der Waals surface area contributed by atoms with Gasteiger partial charge in [0.2, 0.25) is 5.43 Å². The molecule has 3 aromatic rings. The number of aliphatic hydroxyl groups is 1. The summed E-state index contributed by atoms with van der Waals surface area (Å²) in [4.78, 5) is 24.4. The van der Waals surface area contributed by atoms with E-state index in [0.717, 1.165) is 0 Å². The van der Waals surface area contributed by atoms with Crippen LogP contribution in [-0.2, 0) is 6.42 Å². The Morgan fingerprint density at radius 3 is 2.52 bits per heavy atom. The van der Waals surface area contributed by atoms with Crippen molar-refractivity contribution in [3.8, 4) is 11.5 Å². The molecule has 1 atom stereocenters. The molecule has 0 radical (unpaired) electrons. The Kier molecular flexibility index (Phi) is 7.00. The van der Waals surface area contributed by atoms with Gasteiger partial charge in [-0.3, -0.25) is 4.79 Å². The highest BCUT2D eigenvalue weighted by Gasteiger charge is 2.29. The van der Waals surface area contributed by atoms with Crippen molar-refractivity contribution in [2.75, 3.05) is 13.7 Å². The van der Waals surface area contributed by atoms with Crippen LogP contribution in [0.3, 0.4) is 0 Å². The number of ether oxygens (including phenoxy) is 2. The van der Waals surface area contributed by atoms with Crippen molar-refractivity contribution < 1.29 is 28.9 Å². The Labute approximate surface area is 194 Å². The van der Waals surface area contributed by atoms with E-state index in [-0.39, 0.29) is 23.4 Å². The Morgan fingerprint density at radius 1 is 1.24 bits per heavy atom. The molecule has 33 heavy (non-hydrogen) atoms. The first-order valence-electron chi connectivity index (χ1n) is 10.2. The Morgan fingerprint density at radius 2 is 1.94 bits per heavy atom. The molecular formula is C24H25ClFNO6. The van der Waals surface area contributed by atoms with Gasteiger partial charge in [-0.05, 0) is 34.7 Å². The van der Waals surface area contributed by atoms with Gasteiger partial charge in [0.05, 0.1) is 41.9 Å². The second kappa shape index (κ2) is 9.41. The summed E-state index contributed by atoms with van der Waals surface area (Å²) in [5.41, 5.74) is 0.105. The fourth-order valence-electron chi connectivity index (χ4n) is 3.84. The summed E-state index contributed by atoms with van der Waals surface area (Å²) in [5.74, 6) is -0.663. The molecule has 0 unspecified atom stereocenters. The highest BCUT2D eigenvalue weighted by Crippen LogP contribution is 2.37. The van der Waals surface area contributed by atoms with Crippen LogP contribution < -0.4 is 14.9 Å². The van der Waals surface area contributed by atoms with E-state index in [1.165, 1.54) is 19.4 Å². The summed E-state index contributed by atoms with van der Waals surface area (Å²) in [6.45, 7) is 5.42. The van der Waals surface area contributed by atoms with Crippen LogP contribution in [0.5, 0.6) is 11.5 Å². The van der Waals surface area contributed by atoms with Gasteiger partial charge >= 0.3 is 6.16 Å². The average Bonchev–Trinajstić information content (AvgIpc) is 2.73. The van der Waals surface area contributed by atoms with Gasteiger partial charge in [0, 0.05) is 6.42 Å². The van der Waals surface area contributed by atoms with Crippen molar-refractivity contribution >= 4 is 28.7 Å². The first-order chi connectivity index (χ1) is 15.5. The molecule has 0 spiro atoms. The third-order valence-corrected chi connectivity index (χ3v) is 5.76. The summed E-state index contributed by atoms with van der Waals surface area (Å²) in [5, 5.41) is 19.4. The van der Waals surface area contributed by atoms with Crippen LogP contribution >= 0.6 is 11.6 Å². The highest BCUT2D eigenvalue weighted by molar-refractivity contribution is 6.30. The topological polar surface area (TPSA) is 98.0 Å². The lowest BCUT2D eigenvalue weighted by atomic mass is 9.86. The molecular weight excluding hydrogens is 453 g/mol. The van der Waals surface area contributed by atoms with Gasteiger partial charge < -0.3 is 24.3 Å². The standard InChI is InChI=1S/C24H25ClFNO6/c1-24(2,3)19(12-28)27-11-18(33-23(30)31)22(29)15-9-13(10-17(32-4)21(15)27)8-14-6-5-7-16(25)20(14)26/h5-7,9-11,19,28H,8,12H2,1-4H3,(H,30,31)/t19-/m1/s1. The third kappa shape index (κ3) is 4.96. The molecule has 1 heterocycles. The Hall–Kier alpha value is -3.10. The number of halogens is 2. The molecule has 9 heteroatoms. The van der Waals surface area contributed by atoms with Crippen molar-refractivity contribution in [1.29, 1.82) is 0 Å². The number of rotatable bonds is 6. The van der Waals surface area contributed by atoms with Crippen LogP contribution in [0.25, 0.3) is 10.9 Å². The molecule has 1 aromatic heterocycles. The summed E-state index contributed by atoms with van der Waals surface area (Å²) in [6, 6.07) is 7.33. The minimum atomic E-state index is -1.64. The highest BCUT2D eigenvalue weighted by atomic mass is 35.5. The number of benzene rings is 2. The van der Waals surface area contributed by atoms with Gasteiger partial charge in [0.25, 0.3) is 0 Å². The lowest BCUT2D eigenvalue weighted by Crippen LogP contribution is -2.29. The fraction of sp³-hybridized carbons (Fsp3) is 0.333. The molecule has 3 rings (SSSR count). The van der Waals surface area contributed by atoms with Crippen LogP contribution in [0.1, 0.15) is 37.9 Å². The number of nitrogens with zero attached hydrogens (tertiary/aromatic N) is 1. The molecule has 0 aliphatic carbocycles. The lowest BCUT2D eigenvalue weighted by molar-refractivity contribution is 0.135. The van der Waals surface area contributed by atoms with E-state index in [1.807, 2.05) is 20.8 Å². The number of carboxylic acid groups (broad SMARTS) is 1. The lowest BCUT2D eigenvalue weighted by Gasteiger charge is -2.33. The monoisotopic (exact) mass is 477 g/mol. The quantitative estimate of drug-likeness (QED) is 0.483. The molecule has 0 aliphatic heterocycles. The maximum atomic E-state index is 14.5. The molecule has 0 amide bonds. The number of pyridine rings is 1. The smallest absolute Gasteiger partial charge is 0.495 e. The average molecular weight is 478 g/mol. The minimum absolute atomic E-state index is 0.0179. The normalized spacial score (nSPS) is 12.6. The summed E-state index contributed by atoms with van der Waals surface area (Å²) in [7, 11) is 1.43. The molecule has 7 nitrogen and oxygen atoms in total. The molecule has 0 bridgehead atoms. The number of methoxy groups -OCH3 is 1. The van der Waals surface area contributed by atoms with Crippen molar-refractivity contribution in [2.24, 2.45) is 5.41 Å². The largest absolute Gasteiger partial charge is 0.511 e. The third-order valence-electron chi connectivity index (χ3n) is 5.47. The second-order valence-electron chi connectivity index (χ2n) is 8.75. The fourth-order valence-corrected chi connectivity index (χ4v) is 4.03. The predicted molar refractivity (Wildman–Crippen MR) is 123 cm³/mol. The van der Waals surface area contributed by atoms with Gasteiger partial charge in [-0.25, -0.2) is 9.18 Å². The molecule has 0 fully saturated rings. The van der Waals surface area contributed by atoms with E-state index in [1.54, 1.807) is 28.8 Å².